The Labute approximate surface area is 119 Å². The van der Waals surface area contributed by atoms with Crippen molar-refractivity contribution < 1.29 is 9.53 Å². The number of halogens is 2. The smallest absolute Gasteiger partial charge is 0.250 e. The average molecular weight is 329 g/mol. The van der Waals surface area contributed by atoms with Crippen LogP contribution in [0.25, 0.3) is 6.08 Å². The van der Waals surface area contributed by atoms with E-state index in [4.69, 9.17) is 16.3 Å². The van der Waals surface area contributed by atoms with Gasteiger partial charge in [0.2, 0.25) is 0 Å². The minimum Gasteiger partial charge on any atom is -0.488 e. The van der Waals surface area contributed by atoms with Crippen LogP contribution in [0.3, 0.4) is 0 Å². The highest BCUT2D eigenvalue weighted by molar-refractivity contribution is 9.10. The molecular weight excluding hydrogens is 318 g/mol. The van der Waals surface area contributed by atoms with E-state index < -0.39 is 0 Å². The number of hydrogen-bond donors (Lipinski definition) is 1. The second-order valence-electron chi connectivity index (χ2n) is 3.84. The molecule has 0 radical (unpaired) electrons. The SMILES string of the molecule is C=C(Cl)CNC(=O)C1=Cc2cc(Br)ccc2OC1. The zero-order valence-electron chi connectivity index (χ0n) is 9.50. The van der Waals surface area contributed by atoms with Crippen LogP contribution in [0.2, 0.25) is 0 Å². The summed E-state index contributed by atoms with van der Waals surface area (Å²) in [6, 6.07) is 5.67. The van der Waals surface area contributed by atoms with Crippen LogP contribution in [-0.4, -0.2) is 19.1 Å². The number of amides is 1. The quantitative estimate of drug-likeness (QED) is 0.926. The molecule has 94 valence electrons. The summed E-state index contributed by atoms with van der Waals surface area (Å²) in [5.74, 6) is 0.582. The molecule has 0 saturated carbocycles. The van der Waals surface area contributed by atoms with Gasteiger partial charge in [-0.25, -0.2) is 0 Å². The molecule has 0 saturated heterocycles. The molecule has 0 fully saturated rings. The van der Waals surface area contributed by atoms with Crippen LogP contribution in [0.5, 0.6) is 5.75 Å². The van der Waals surface area contributed by atoms with Crippen LogP contribution in [0.1, 0.15) is 5.56 Å². The van der Waals surface area contributed by atoms with Gasteiger partial charge >= 0.3 is 0 Å². The van der Waals surface area contributed by atoms with Gasteiger partial charge in [0.25, 0.3) is 5.91 Å². The van der Waals surface area contributed by atoms with Gasteiger partial charge in [-0.2, -0.15) is 0 Å². The molecule has 0 aliphatic carbocycles. The normalized spacial score (nSPS) is 13.1. The summed E-state index contributed by atoms with van der Waals surface area (Å²) in [6.07, 6.45) is 1.82. The van der Waals surface area contributed by atoms with Crippen molar-refractivity contribution in [1.29, 1.82) is 0 Å². The van der Waals surface area contributed by atoms with Crippen molar-refractivity contribution in [3.8, 4) is 5.75 Å². The molecule has 1 aliphatic heterocycles. The minimum atomic E-state index is -0.192. The van der Waals surface area contributed by atoms with Crippen molar-refractivity contribution in [3.05, 3.63) is 45.4 Å². The Morgan fingerprint density at radius 3 is 3.06 bits per heavy atom. The number of nitrogens with one attached hydrogen (secondary N) is 1. The topological polar surface area (TPSA) is 38.3 Å². The number of ether oxygens (including phenoxy) is 1. The molecule has 0 atom stereocenters. The average Bonchev–Trinajstić information content (AvgIpc) is 2.34. The molecular formula is C13H11BrClNO2. The molecule has 1 aromatic carbocycles. The third-order valence-electron chi connectivity index (χ3n) is 2.42. The Morgan fingerprint density at radius 1 is 1.56 bits per heavy atom. The van der Waals surface area contributed by atoms with Gasteiger partial charge in [0.1, 0.15) is 12.4 Å². The Kier molecular flexibility index (Phi) is 4.09. The standard InChI is InChI=1S/C13H11BrClNO2/c1-8(15)6-16-13(17)10-4-9-5-11(14)2-3-12(9)18-7-10/h2-5H,1,6-7H2,(H,16,17). The molecule has 1 aliphatic rings. The van der Waals surface area contributed by atoms with E-state index in [1.165, 1.54) is 0 Å². The summed E-state index contributed by atoms with van der Waals surface area (Å²) in [5.41, 5.74) is 1.45. The molecule has 18 heavy (non-hydrogen) atoms. The maximum absolute atomic E-state index is 11.8. The zero-order valence-corrected chi connectivity index (χ0v) is 11.8. The van der Waals surface area contributed by atoms with E-state index in [0.717, 1.165) is 15.8 Å². The maximum atomic E-state index is 11.8. The van der Waals surface area contributed by atoms with Gasteiger partial charge in [-0.05, 0) is 24.3 Å². The van der Waals surface area contributed by atoms with Crippen LogP contribution >= 0.6 is 27.5 Å². The first-order chi connectivity index (χ1) is 8.56. The van der Waals surface area contributed by atoms with E-state index in [-0.39, 0.29) is 19.1 Å². The zero-order chi connectivity index (χ0) is 13.1. The summed E-state index contributed by atoms with van der Waals surface area (Å²) in [6.45, 7) is 4.03. The number of rotatable bonds is 3. The molecule has 3 nitrogen and oxygen atoms in total. The number of hydrogen-bond acceptors (Lipinski definition) is 2. The fourth-order valence-electron chi connectivity index (χ4n) is 1.57. The highest BCUT2D eigenvalue weighted by Crippen LogP contribution is 2.29. The first kappa shape index (κ1) is 13.2. The highest BCUT2D eigenvalue weighted by atomic mass is 79.9. The highest BCUT2D eigenvalue weighted by Gasteiger charge is 2.17. The fourth-order valence-corrected chi connectivity index (χ4v) is 2.01. The predicted octanol–water partition coefficient (Wildman–Crippen LogP) is 3.09. The molecule has 1 aromatic rings. The monoisotopic (exact) mass is 327 g/mol. The largest absolute Gasteiger partial charge is 0.488 e. The van der Waals surface area contributed by atoms with Gasteiger partial charge in [0.05, 0.1) is 12.1 Å². The lowest BCUT2D eigenvalue weighted by Gasteiger charge is -2.17. The molecule has 0 unspecified atom stereocenters. The lowest BCUT2D eigenvalue weighted by Crippen LogP contribution is -2.29. The van der Waals surface area contributed by atoms with Gasteiger partial charge in [-0.3, -0.25) is 4.79 Å². The Hall–Kier alpha value is -1.26. The number of benzene rings is 1. The van der Waals surface area contributed by atoms with Crippen molar-refractivity contribution in [3.63, 3.8) is 0 Å². The van der Waals surface area contributed by atoms with Crippen molar-refractivity contribution in [2.24, 2.45) is 0 Å². The predicted molar refractivity (Wildman–Crippen MR) is 75.6 cm³/mol. The van der Waals surface area contributed by atoms with Gasteiger partial charge < -0.3 is 10.1 Å². The Balaban J connectivity index is 2.16. The van der Waals surface area contributed by atoms with E-state index in [9.17, 15) is 4.79 Å². The Bertz CT molecular complexity index is 540. The van der Waals surface area contributed by atoms with E-state index in [0.29, 0.717) is 10.6 Å². The summed E-state index contributed by atoms with van der Waals surface area (Å²) in [7, 11) is 0. The number of fused-ring (bicyclic) bond motifs is 1. The van der Waals surface area contributed by atoms with E-state index in [2.05, 4.69) is 27.8 Å². The van der Waals surface area contributed by atoms with Crippen LogP contribution in [0, 0.1) is 0 Å². The van der Waals surface area contributed by atoms with Crippen molar-refractivity contribution >= 4 is 39.5 Å². The maximum Gasteiger partial charge on any atom is 0.250 e. The molecule has 1 heterocycles. The summed E-state index contributed by atoms with van der Waals surface area (Å²) in [4.78, 5) is 11.8. The first-order valence-electron chi connectivity index (χ1n) is 5.30. The summed E-state index contributed by atoms with van der Waals surface area (Å²) >= 11 is 8.98. The second kappa shape index (κ2) is 5.59. The molecule has 2 rings (SSSR count). The lowest BCUT2D eigenvalue weighted by molar-refractivity contribution is -0.117. The van der Waals surface area contributed by atoms with E-state index >= 15 is 0 Å². The molecule has 0 spiro atoms. The third-order valence-corrected chi connectivity index (χ3v) is 3.04. The van der Waals surface area contributed by atoms with Crippen molar-refractivity contribution in [2.75, 3.05) is 13.2 Å². The molecule has 1 amide bonds. The van der Waals surface area contributed by atoms with Crippen molar-refractivity contribution in [2.45, 2.75) is 0 Å². The van der Waals surface area contributed by atoms with Gasteiger partial charge in [0.15, 0.2) is 0 Å². The summed E-state index contributed by atoms with van der Waals surface area (Å²) in [5, 5.41) is 3.06. The van der Waals surface area contributed by atoms with E-state index in [1.807, 2.05) is 24.3 Å². The van der Waals surface area contributed by atoms with Gasteiger partial charge in [0, 0.05) is 15.1 Å². The van der Waals surface area contributed by atoms with Gasteiger partial charge in [-0.15, -0.1) is 0 Å². The van der Waals surface area contributed by atoms with E-state index in [1.54, 1.807) is 0 Å². The van der Waals surface area contributed by atoms with Gasteiger partial charge in [-0.1, -0.05) is 34.1 Å². The number of carbonyl (C=O) groups is 1. The number of carbonyl (C=O) groups excluding carboxylic acids is 1. The van der Waals surface area contributed by atoms with Crippen LogP contribution in [-0.2, 0) is 4.79 Å². The van der Waals surface area contributed by atoms with Crippen LogP contribution in [0.4, 0.5) is 0 Å². The fraction of sp³-hybridized carbons (Fsp3) is 0.154. The molecule has 5 heteroatoms. The summed E-state index contributed by atoms with van der Waals surface area (Å²) < 4.78 is 6.46. The van der Waals surface area contributed by atoms with Crippen molar-refractivity contribution in [1.82, 2.24) is 5.32 Å². The first-order valence-corrected chi connectivity index (χ1v) is 6.48. The van der Waals surface area contributed by atoms with Crippen LogP contribution < -0.4 is 10.1 Å². The minimum absolute atomic E-state index is 0.192. The Morgan fingerprint density at radius 2 is 2.33 bits per heavy atom. The second-order valence-corrected chi connectivity index (χ2v) is 5.29. The molecule has 0 bridgehead atoms. The molecule has 1 N–H and O–H groups in total. The lowest BCUT2D eigenvalue weighted by atomic mass is 10.1. The third kappa shape index (κ3) is 3.15. The molecule has 0 aromatic heterocycles. The van der Waals surface area contributed by atoms with Crippen LogP contribution in [0.15, 0.2) is 39.9 Å².